The molecule has 3 aromatic carbocycles. The van der Waals surface area contributed by atoms with Crippen molar-refractivity contribution in [3.63, 3.8) is 0 Å². The average Bonchev–Trinajstić information content (AvgIpc) is 2.72. The molecule has 0 aromatic heterocycles. The maximum Gasteiger partial charge on any atom is 0.101 e. The fourth-order valence-corrected chi connectivity index (χ4v) is 2.55. The molecule has 1 N–H and O–H groups in total. The highest BCUT2D eigenvalue weighted by atomic mass is 15.5. The van der Waals surface area contributed by atoms with Crippen molar-refractivity contribution in [3.05, 3.63) is 89.5 Å². The van der Waals surface area contributed by atoms with Crippen molar-refractivity contribution < 1.29 is 0 Å². The maximum absolute atomic E-state index is 9.49. The van der Waals surface area contributed by atoms with Crippen LogP contribution in [0.25, 0.3) is 0 Å². The summed E-state index contributed by atoms with van der Waals surface area (Å²) in [6, 6.07) is 28.2. The van der Waals surface area contributed by atoms with Gasteiger partial charge in [-0.3, -0.25) is 10.4 Å². The molecule has 0 aliphatic carbocycles. The first-order valence-corrected chi connectivity index (χ1v) is 7.82. The molecule has 0 saturated carbocycles. The highest BCUT2D eigenvalue weighted by molar-refractivity contribution is 5.75. The number of nitriles is 3. The van der Waals surface area contributed by atoms with Crippen LogP contribution in [0.15, 0.2) is 72.8 Å². The second-order valence-electron chi connectivity index (χ2n) is 5.40. The molecular weight excluding hydrogens is 322 g/mol. The topological polar surface area (TPSA) is 86.6 Å². The highest BCUT2D eigenvalue weighted by Gasteiger charge is 2.16. The minimum absolute atomic E-state index is 0.234. The number of para-hydroxylation sites is 2. The zero-order valence-corrected chi connectivity index (χ0v) is 13.7. The Balaban J connectivity index is 2.14. The number of nitrogens with one attached hydrogen (secondary N) is 1. The summed E-state index contributed by atoms with van der Waals surface area (Å²) < 4.78 is 0. The van der Waals surface area contributed by atoms with E-state index in [1.807, 2.05) is 66.7 Å². The monoisotopic (exact) mass is 335 g/mol. The molecule has 0 unspecified atom stereocenters. The first-order chi connectivity index (χ1) is 12.8. The molecule has 0 bridgehead atoms. The molecular formula is C21H13N5. The molecule has 0 spiro atoms. The second kappa shape index (κ2) is 7.53. The predicted octanol–water partition coefficient (Wildman–Crippen LogP) is 4.47. The van der Waals surface area contributed by atoms with Gasteiger partial charge in [0, 0.05) is 0 Å². The molecule has 0 aliphatic heterocycles. The first-order valence-electron chi connectivity index (χ1n) is 7.82. The van der Waals surface area contributed by atoms with Gasteiger partial charge in [0.2, 0.25) is 0 Å². The van der Waals surface area contributed by atoms with Crippen LogP contribution >= 0.6 is 0 Å². The highest BCUT2D eigenvalue weighted by Crippen LogP contribution is 2.29. The molecule has 0 aliphatic rings. The smallest absolute Gasteiger partial charge is 0.101 e. The lowest BCUT2D eigenvalue weighted by Crippen LogP contribution is -2.25. The number of hydrogen-bond acceptors (Lipinski definition) is 5. The second-order valence-corrected chi connectivity index (χ2v) is 5.40. The first kappa shape index (κ1) is 16.6. The van der Waals surface area contributed by atoms with Gasteiger partial charge in [-0.25, -0.2) is 0 Å². The summed E-state index contributed by atoms with van der Waals surface area (Å²) in [5, 5.41) is 29.9. The van der Waals surface area contributed by atoms with E-state index in [4.69, 9.17) is 5.26 Å². The summed E-state index contributed by atoms with van der Waals surface area (Å²) in [7, 11) is 0. The normalized spacial score (nSPS) is 9.42. The zero-order chi connectivity index (χ0) is 18.4. The van der Waals surface area contributed by atoms with Crippen LogP contribution in [-0.2, 0) is 0 Å². The lowest BCUT2D eigenvalue weighted by Gasteiger charge is -2.27. The zero-order valence-electron chi connectivity index (χ0n) is 13.7. The minimum Gasteiger partial charge on any atom is -0.291 e. The maximum atomic E-state index is 9.49. The van der Waals surface area contributed by atoms with E-state index >= 15 is 0 Å². The average molecular weight is 335 g/mol. The van der Waals surface area contributed by atoms with Crippen molar-refractivity contribution >= 4 is 17.1 Å². The van der Waals surface area contributed by atoms with Crippen molar-refractivity contribution in [2.75, 3.05) is 10.4 Å². The van der Waals surface area contributed by atoms with Crippen molar-refractivity contribution in [1.29, 1.82) is 15.8 Å². The molecule has 0 radical (unpaired) electrons. The van der Waals surface area contributed by atoms with Gasteiger partial charge in [0.25, 0.3) is 0 Å². The Morgan fingerprint density at radius 3 is 1.50 bits per heavy atom. The fourth-order valence-electron chi connectivity index (χ4n) is 2.55. The molecule has 122 valence electrons. The summed E-state index contributed by atoms with van der Waals surface area (Å²) >= 11 is 0. The van der Waals surface area contributed by atoms with Crippen LogP contribution in [0.4, 0.5) is 17.1 Å². The number of nitrogens with zero attached hydrogens (tertiary/aromatic N) is 4. The molecule has 0 heterocycles. The lowest BCUT2D eigenvalue weighted by molar-refractivity contribution is 1.15. The third-order valence-electron chi connectivity index (χ3n) is 3.76. The van der Waals surface area contributed by atoms with Gasteiger partial charge in [-0.1, -0.05) is 36.4 Å². The van der Waals surface area contributed by atoms with Crippen LogP contribution < -0.4 is 10.4 Å². The summed E-state index contributed by atoms with van der Waals surface area (Å²) in [5.41, 5.74) is 5.97. The van der Waals surface area contributed by atoms with E-state index in [9.17, 15) is 10.5 Å². The van der Waals surface area contributed by atoms with Gasteiger partial charge in [-0.2, -0.15) is 15.8 Å². The van der Waals surface area contributed by atoms with Crippen LogP contribution in [0.3, 0.4) is 0 Å². The van der Waals surface area contributed by atoms with Crippen molar-refractivity contribution in [2.45, 2.75) is 0 Å². The Morgan fingerprint density at radius 1 is 0.654 bits per heavy atom. The summed E-state index contributed by atoms with van der Waals surface area (Å²) in [5.74, 6) is 0. The van der Waals surface area contributed by atoms with Gasteiger partial charge in [0.05, 0.1) is 39.8 Å². The third kappa shape index (κ3) is 3.31. The van der Waals surface area contributed by atoms with Gasteiger partial charge in [0.1, 0.15) is 12.1 Å². The Kier molecular flexibility index (Phi) is 4.80. The van der Waals surface area contributed by atoms with Crippen molar-refractivity contribution in [3.8, 4) is 18.2 Å². The van der Waals surface area contributed by atoms with Crippen LogP contribution in [0.5, 0.6) is 0 Å². The number of benzene rings is 3. The van der Waals surface area contributed by atoms with Crippen LogP contribution in [0, 0.1) is 34.0 Å². The number of anilines is 3. The van der Waals surface area contributed by atoms with Gasteiger partial charge in [-0.05, 0) is 36.4 Å². The molecule has 26 heavy (non-hydrogen) atoms. The SMILES string of the molecule is N#Cc1cc(C#N)c(NN(c2ccccc2)c2ccccc2)c(C#N)c1. The van der Waals surface area contributed by atoms with E-state index in [0.717, 1.165) is 11.4 Å². The van der Waals surface area contributed by atoms with Crippen LogP contribution in [0.2, 0.25) is 0 Å². The molecule has 5 heteroatoms. The van der Waals surface area contributed by atoms with Gasteiger partial charge < -0.3 is 0 Å². The van der Waals surface area contributed by atoms with Crippen molar-refractivity contribution in [1.82, 2.24) is 0 Å². The van der Waals surface area contributed by atoms with Crippen molar-refractivity contribution in [2.24, 2.45) is 0 Å². The van der Waals surface area contributed by atoms with E-state index in [2.05, 4.69) is 17.6 Å². The Labute approximate surface area is 151 Å². The van der Waals surface area contributed by atoms with Gasteiger partial charge in [0.15, 0.2) is 0 Å². The Bertz CT molecular complexity index is 963. The summed E-state index contributed by atoms with van der Waals surface area (Å²) in [6.07, 6.45) is 0. The van der Waals surface area contributed by atoms with Gasteiger partial charge >= 0.3 is 0 Å². The quantitative estimate of drug-likeness (QED) is 0.711. The third-order valence-corrected chi connectivity index (χ3v) is 3.76. The van der Waals surface area contributed by atoms with Crippen LogP contribution in [-0.4, -0.2) is 0 Å². The van der Waals surface area contributed by atoms with Gasteiger partial charge in [-0.15, -0.1) is 0 Å². The van der Waals surface area contributed by atoms with E-state index in [1.165, 1.54) is 12.1 Å². The largest absolute Gasteiger partial charge is 0.291 e. The van der Waals surface area contributed by atoms with E-state index in [-0.39, 0.29) is 16.7 Å². The minimum atomic E-state index is 0.234. The molecule has 0 atom stereocenters. The Morgan fingerprint density at radius 2 is 1.12 bits per heavy atom. The molecule has 0 fully saturated rings. The molecule has 0 saturated heterocycles. The van der Waals surface area contributed by atoms with E-state index < -0.39 is 0 Å². The molecule has 3 rings (SSSR count). The number of hydrazine groups is 1. The lowest BCUT2D eigenvalue weighted by atomic mass is 10.0. The van der Waals surface area contributed by atoms with E-state index in [1.54, 1.807) is 5.01 Å². The number of hydrogen-bond donors (Lipinski definition) is 1. The predicted molar refractivity (Wildman–Crippen MR) is 99.2 cm³/mol. The summed E-state index contributed by atoms with van der Waals surface area (Å²) in [6.45, 7) is 0. The number of rotatable bonds is 4. The Hall–Kier alpha value is -4.27. The molecule has 0 amide bonds. The standard InChI is InChI=1S/C21H13N5/c22-13-16-11-17(14-23)21(18(12-16)15-24)25-26(19-7-3-1-4-8-19)20-9-5-2-6-10-20/h1-12,25H. The van der Waals surface area contributed by atoms with E-state index in [0.29, 0.717) is 5.69 Å². The molecule has 3 aromatic rings. The summed E-state index contributed by atoms with van der Waals surface area (Å²) in [4.78, 5) is 0. The fraction of sp³-hybridized carbons (Fsp3) is 0. The molecule has 5 nitrogen and oxygen atoms in total. The van der Waals surface area contributed by atoms with Crippen LogP contribution in [0.1, 0.15) is 16.7 Å².